The molecule has 0 aliphatic heterocycles. The van der Waals surface area contributed by atoms with Crippen LogP contribution in [0, 0.1) is 5.92 Å². The van der Waals surface area contributed by atoms with Gasteiger partial charge in [0.05, 0.1) is 0 Å². The highest BCUT2D eigenvalue weighted by molar-refractivity contribution is 5.92. The van der Waals surface area contributed by atoms with Gasteiger partial charge < -0.3 is 10.6 Å². The highest BCUT2D eigenvalue weighted by Crippen LogP contribution is 2.05. The van der Waals surface area contributed by atoms with Crippen molar-refractivity contribution in [1.29, 1.82) is 0 Å². The van der Waals surface area contributed by atoms with E-state index >= 15 is 0 Å². The van der Waals surface area contributed by atoms with E-state index in [0.29, 0.717) is 5.92 Å². The Labute approximate surface area is 105 Å². The van der Waals surface area contributed by atoms with Gasteiger partial charge in [0, 0.05) is 25.2 Å². The molecule has 0 rings (SSSR count). The SMILES string of the molecule is C/C=C(\C)C(=O)N(C)CCC(N)C(C)C.Cl. The molecule has 1 atom stereocenters. The molecule has 0 saturated heterocycles. The third kappa shape index (κ3) is 6.13. The molecule has 0 aromatic heterocycles. The number of likely N-dealkylation sites (N-methyl/N-ethyl adjacent to an activating group) is 1. The standard InChI is InChI=1S/C12H24N2O.ClH/c1-6-10(4)12(15)14(5)8-7-11(13)9(2)3;/h6,9,11H,7-8,13H2,1-5H3;1H/b10-6+;. The number of amides is 1. The molecule has 96 valence electrons. The van der Waals surface area contributed by atoms with Gasteiger partial charge in [-0.2, -0.15) is 0 Å². The first-order valence-electron chi connectivity index (χ1n) is 5.54. The highest BCUT2D eigenvalue weighted by atomic mass is 35.5. The Morgan fingerprint density at radius 1 is 1.44 bits per heavy atom. The van der Waals surface area contributed by atoms with Crippen molar-refractivity contribution in [3.8, 4) is 0 Å². The molecular formula is C12H25ClN2O. The quantitative estimate of drug-likeness (QED) is 0.759. The van der Waals surface area contributed by atoms with Crippen molar-refractivity contribution in [3.63, 3.8) is 0 Å². The van der Waals surface area contributed by atoms with Crippen molar-refractivity contribution in [2.24, 2.45) is 11.7 Å². The molecule has 0 saturated carbocycles. The lowest BCUT2D eigenvalue weighted by Crippen LogP contribution is -2.34. The smallest absolute Gasteiger partial charge is 0.248 e. The van der Waals surface area contributed by atoms with Gasteiger partial charge in [-0.3, -0.25) is 4.79 Å². The van der Waals surface area contributed by atoms with Crippen molar-refractivity contribution >= 4 is 18.3 Å². The van der Waals surface area contributed by atoms with Gasteiger partial charge in [0.2, 0.25) is 5.91 Å². The van der Waals surface area contributed by atoms with E-state index in [-0.39, 0.29) is 24.4 Å². The van der Waals surface area contributed by atoms with E-state index in [4.69, 9.17) is 5.73 Å². The minimum atomic E-state index is 0. The average Bonchev–Trinajstić information content (AvgIpc) is 2.22. The number of hydrogen-bond acceptors (Lipinski definition) is 2. The van der Waals surface area contributed by atoms with Crippen LogP contribution in [0.3, 0.4) is 0 Å². The van der Waals surface area contributed by atoms with Crippen LogP contribution in [-0.4, -0.2) is 30.4 Å². The van der Waals surface area contributed by atoms with Crippen LogP contribution in [0.2, 0.25) is 0 Å². The van der Waals surface area contributed by atoms with Crippen LogP contribution in [0.15, 0.2) is 11.6 Å². The number of nitrogens with two attached hydrogens (primary N) is 1. The van der Waals surface area contributed by atoms with Gasteiger partial charge in [0.25, 0.3) is 0 Å². The Morgan fingerprint density at radius 3 is 2.31 bits per heavy atom. The fraction of sp³-hybridized carbons (Fsp3) is 0.750. The second-order valence-corrected chi connectivity index (χ2v) is 4.39. The van der Waals surface area contributed by atoms with Crippen LogP contribution in [0.5, 0.6) is 0 Å². The number of halogens is 1. The van der Waals surface area contributed by atoms with Gasteiger partial charge in [0.15, 0.2) is 0 Å². The molecule has 1 unspecified atom stereocenters. The van der Waals surface area contributed by atoms with E-state index in [1.807, 2.05) is 27.0 Å². The number of carbonyl (C=O) groups is 1. The molecule has 0 aliphatic rings. The average molecular weight is 249 g/mol. The summed E-state index contributed by atoms with van der Waals surface area (Å²) in [6.07, 6.45) is 2.69. The predicted octanol–water partition coefficient (Wildman–Crippen LogP) is 2.21. The van der Waals surface area contributed by atoms with Crippen LogP contribution in [0.1, 0.15) is 34.1 Å². The first-order chi connectivity index (χ1) is 6.90. The number of hydrogen-bond donors (Lipinski definition) is 1. The van der Waals surface area contributed by atoms with Crippen LogP contribution < -0.4 is 5.73 Å². The molecule has 0 fully saturated rings. The molecule has 0 aromatic carbocycles. The molecule has 0 heterocycles. The maximum atomic E-state index is 11.7. The Balaban J connectivity index is 0. The van der Waals surface area contributed by atoms with E-state index in [9.17, 15) is 4.79 Å². The number of carbonyl (C=O) groups excluding carboxylic acids is 1. The fourth-order valence-electron chi connectivity index (χ4n) is 1.20. The van der Waals surface area contributed by atoms with Gasteiger partial charge in [-0.25, -0.2) is 0 Å². The predicted molar refractivity (Wildman–Crippen MR) is 71.7 cm³/mol. The zero-order valence-corrected chi connectivity index (χ0v) is 11.8. The third-order valence-electron chi connectivity index (χ3n) is 2.77. The van der Waals surface area contributed by atoms with Crippen LogP contribution >= 0.6 is 12.4 Å². The van der Waals surface area contributed by atoms with Gasteiger partial charge in [-0.15, -0.1) is 12.4 Å². The van der Waals surface area contributed by atoms with Crippen molar-refractivity contribution in [3.05, 3.63) is 11.6 Å². The summed E-state index contributed by atoms with van der Waals surface area (Å²) in [4.78, 5) is 13.4. The van der Waals surface area contributed by atoms with Crippen molar-refractivity contribution < 1.29 is 4.79 Å². The van der Waals surface area contributed by atoms with E-state index in [1.165, 1.54) is 0 Å². The topological polar surface area (TPSA) is 46.3 Å². The molecule has 4 heteroatoms. The molecule has 0 radical (unpaired) electrons. The summed E-state index contributed by atoms with van der Waals surface area (Å²) in [5, 5.41) is 0. The number of allylic oxidation sites excluding steroid dienone is 1. The van der Waals surface area contributed by atoms with Crippen molar-refractivity contribution in [2.45, 2.75) is 40.2 Å². The molecule has 3 nitrogen and oxygen atoms in total. The zero-order chi connectivity index (χ0) is 12.0. The number of nitrogens with zero attached hydrogens (tertiary/aromatic N) is 1. The van der Waals surface area contributed by atoms with Gasteiger partial charge in [-0.05, 0) is 26.2 Å². The van der Waals surface area contributed by atoms with E-state index in [2.05, 4.69) is 13.8 Å². The highest BCUT2D eigenvalue weighted by Gasteiger charge is 2.13. The summed E-state index contributed by atoms with van der Waals surface area (Å²) in [5.41, 5.74) is 6.71. The second-order valence-electron chi connectivity index (χ2n) is 4.39. The lowest BCUT2D eigenvalue weighted by Gasteiger charge is -2.21. The first-order valence-corrected chi connectivity index (χ1v) is 5.54. The van der Waals surface area contributed by atoms with E-state index in [0.717, 1.165) is 18.5 Å². The van der Waals surface area contributed by atoms with Gasteiger partial charge in [-0.1, -0.05) is 19.9 Å². The summed E-state index contributed by atoms with van der Waals surface area (Å²) in [6, 6.07) is 0.172. The Bertz CT molecular complexity index is 239. The Kier molecular flexibility index (Phi) is 9.58. The third-order valence-corrected chi connectivity index (χ3v) is 2.77. The number of rotatable bonds is 5. The minimum Gasteiger partial charge on any atom is -0.342 e. The molecular weight excluding hydrogens is 224 g/mol. The lowest BCUT2D eigenvalue weighted by molar-refractivity contribution is -0.125. The molecule has 2 N–H and O–H groups in total. The summed E-state index contributed by atoms with van der Waals surface area (Å²) in [7, 11) is 1.82. The summed E-state index contributed by atoms with van der Waals surface area (Å²) in [6.45, 7) is 8.64. The summed E-state index contributed by atoms with van der Waals surface area (Å²) in [5.74, 6) is 0.560. The van der Waals surface area contributed by atoms with Crippen LogP contribution in [-0.2, 0) is 4.79 Å². The maximum absolute atomic E-state index is 11.7. The maximum Gasteiger partial charge on any atom is 0.248 e. The van der Waals surface area contributed by atoms with Crippen molar-refractivity contribution in [2.75, 3.05) is 13.6 Å². The Morgan fingerprint density at radius 2 is 1.94 bits per heavy atom. The first kappa shape index (κ1) is 17.8. The van der Waals surface area contributed by atoms with E-state index < -0.39 is 0 Å². The molecule has 0 aromatic rings. The summed E-state index contributed by atoms with van der Waals surface area (Å²) < 4.78 is 0. The molecule has 0 bridgehead atoms. The van der Waals surface area contributed by atoms with Crippen LogP contribution in [0.25, 0.3) is 0 Å². The monoisotopic (exact) mass is 248 g/mol. The molecule has 16 heavy (non-hydrogen) atoms. The van der Waals surface area contributed by atoms with Crippen LogP contribution in [0.4, 0.5) is 0 Å². The zero-order valence-electron chi connectivity index (χ0n) is 11.0. The second kappa shape index (κ2) is 8.59. The molecule has 1 amide bonds. The minimum absolute atomic E-state index is 0. The van der Waals surface area contributed by atoms with Crippen molar-refractivity contribution in [1.82, 2.24) is 4.90 Å². The fourth-order valence-corrected chi connectivity index (χ4v) is 1.20. The van der Waals surface area contributed by atoms with Gasteiger partial charge in [0.1, 0.15) is 0 Å². The molecule has 0 aliphatic carbocycles. The van der Waals surface area contributed by atoms with Gasteiger partial charge >= 0.3 is 0 Å². The Hall–Kier alpha value is -0.540. The summed E-state index contributed by atoms with van der Waals surface area (Å²) >= 11 is 0. The normalized spacial score (nSPS) is 13.3. The lowest BCUT2D eigenvalue weighted by atomic mass is 10.0. The van der Waals surface area contributed by atoms with E-state index in [1.54, 1.807) is 4.90 Å². The molecule has 0 spiro atoms. The largest absolute Gasteiger partial charge is 0.342 e.